The van der Waals surface area contributed by atoms with Crippen LogP contribution in [-0.2, 0) is 0 Å². The van der Waals surface area contributed by atoms with E-state index in [2.05, 4.69) is 16.4 Å². The predicted molar refractivity (Wildman–Crippen MR) is 118 cm³/mol. The third kappa shape index (κ3) is 3.63. The first-order chi connectivity index (χ1) is 15.1. The van der Waals surface area contributed by atoms with Crippen LogP contribution in [0, 0.1) is 18.3 Å². The van der Waals surface area contributed by atoms with Crippen molar-refractivity contribution < 1.29 is 13.9 Å². The SMILES string of the molecule is Cc1cc(=O)oc2cc(N/C=C(\C#N)c3nc(-c4ccc5c(c4)OCO5)cs3)ccc12. The molecule has 0 atom stereocenters. The van der Waals surface area contributed by atoms with Crippen LogP contribution in [0.15, 0.2) is 63.3 Å². The van der Waals surface area contributed by atoms with Gasteiger partial charge in [0.2, 0.25) is 6.79 Å². The van der Waals surface area contributed by atoms with Gasteiger partial charge < -0.3 is 19.2 Å². The number of benzene rings is 2. The Morgan fingerprint density at radius 2 is 2.06 bits per heavy atom. The zero-order valence-electron chi connectivity index (χ0n) is 16.3. The molecular weight excluding hydrogens is 414 g/mol. The van der Waals surface area contributed by atoms with E-state index in [0.717, 1.165) is 22.2 Å². The molecule has 0 fully saturated rings. The molecular formula is C23H15N3O4S. The van der Waals surface area contributed by atoms with Crippen LogP contribution in [0.25, 0.3) is 27.8 Å². The summed E-state index contributed by atoms with van der Waals surface area (Å²) >= 11 is 1.38. The Morgan fingerprint density at radius 1 is 1.19 bits per heavy atom. The fourth-order valence-electron chi connectivity index (χ4n) is 3.30. The lowest BCUT2D eigenvalue weighted by molar-refractivity contribution is 0.174. The van der Waals surface area contributed by atoms with E-state index in [1.165, 1.54) is 17.4 Å². The fraction of sp³-hybridized carbons (Fsp3) is 0.0870. The van der Waals surface area contributed by atoms with Gasteiger partial charge in [-0.2, -0.15) is 5.26 Å². The smallest absolute Gasteiger partial charge is 0.336 e. The van der Waals surface area contributed by atoms with Gasteiger partial charge in [0.1, 0.15) is 22.2 Å². The Hall–Kier alpha value is -4.09. The number of fused-ring (bicyclic) bond motifs is 2. The molecule has 0 radical (unpaired) electrons. The van der Waals surface area contributed by atoms with Gasteiger partial charge in [0.05, 0.1) is 5.69 Å². The molecule has 0 amide bonds. The molecule has 5 rings (SSSR count). The summed E-state index contributed by atoms with van der Waals surface area (Å²) in [6.45, 7) is 2.08. The second kappa shape index (κ2) is 7.63. The van der Waals surface area contributed by atoms with E-state index in [9.17, 15) is 10.1 Å². The van der Waals surface area contributed by atoms with Crippen LogP contribution in [0.2, 0.25) is 0 Å². The Kier molecular flexibility index (Phi) is 4.65. The van der Waals surface area contributed by atoms with Gasteiger partial charge in [-0.05, 0) is 42.8 Å². The number of ether oxygens (including phenoxy) is 2. The molecule has 4 aromatic rings. The van der Waals surface area contributed by atoms with Crippen molar-refractivity contribution in [2.45, 2.75) is 6.92 Å². The van der Waals surface area contributed by atoms with E-state index in [4.69, 9.17) is 13.9 Å². The highest BCUT2D eigenvalue weighted by molar-refractivity contribution is 7.11. The quantitative estimate of drug-likeness (QED) is 0.363. The average molecular weight is 429 g/mol. The number of thiazole rings is 1. The van der Waals surface area contributed by atoms with Crippen molar-refractivity contribution in [3.63, 3.8) is 0 Å². The zero-order chi connectivity index (χ0) is 21.4. The van der Waals surface area contributed by atoms with Crippen molar-refractivity contribution in [2.24, 2.45) is 0 Å². The summed E-state index contributed by atoms with van der Waals surface area (Å²) in [5.41, 5.74) is 3.67. The van der Waals surface area contributed by atoms with Crippen molar-refractivity contribution in [3.05, 3.63) is 75.0 Å². The maximum Gasteiger partial charge on any atom is 0.336 e. The highest BCUT2D eigenvalue weighted by Crippen LogP contribution is 2.36. The lowest BCUT2D eigenvalue weighted by Crippen LogP contribution is -1.98. The summed E-state index contributed by atoms with van der Waals surface area (Å²) in [6, 6.07) is 14.7. The van der Waals surface area contributed by atoms with Crippen molar-refractivity contribution in [2.75, 3.05) is 12.1 Å². The summed E-state index contributed by atoms with van der Waals surface area (Å²) in [7, 11) is 0. The van der Waals surface area contributed by atoms with Crippen LogP contribution in [0.1, 0.15) is 10.6 Å². The average Bonchev–Trinajstić information content (AvgIpc) is 3.43. The van der Waals surface area contributed by atoms with E-state index in [1.54, 1.807) is 12.3 Å². The van der Waals surface area contributed by atoms with Crippen LogP contribution in [0.5, 0.6) is 11.5 Å². The summed E-state index contributed by atoms with van der Waals surface area (Å²) < 4.78 is 16.0. The highest BCUT2D eigenvalue weighted by Gasteiger charge is 2.16. The molecule has 1 aliphatic heterocycles. The third-order valence-electron chi connectivity index (χ3n) is 4.86. The minimum Gasteiger partial charge on any atom is -0.454 e. The molecule has 0 unspecified atom stereocenters. The topological polar surface area (TPSA) is 97.4 Å². The van der Waals surface area contributed by atoms with Crippen LogP contribution in [0.3, 0.4) is 0 Å². The highest BCUT2D eigenvalue weighted by atomic mass is 32.1. The number of nitrogens with one attached hydrogen (secondary N) is 1. The number of anilines is 1. The van der Waals surface area contributed by atoms with Gasteiger partial charge in [-0.25, -0.2) is 9.78 Å². The fourth-order valence-corrected chi connectivity index (χ4v) is 4.09. The summed E-state index contributed by atoms with van der Waals surface area (Å²) in [4.78, 5) is 16.2. The second-order valence-electron chi connectivity index (χ2n) is 6.88. The van der Waals surface area contributed by atoms with E-state index < -0.39 is 5.63 Å². The molecule has 3 heterocycles. The lowest BCUT2D eigenvalue weighted by Gasteiger charge is -2.05. The van der Waals surface area contributed by atoms with Crippen LogP contribution < -0.4 is 20.4 Å². The monoisotopic (exact) mass is 429 g/mol. The van der Waals surface area contributed by atoms with Crippen LogP contribution >= 0.6 is 11.3 Å². The maximum atomic E-state index is 11.6. The maximum absolute atomic E-state index is 11.6. The van der Waals surface area contributed by atoms with Crippen molar-refractivity contribution in [3.8, 4) is 28.8 Å². The summed E-state index contributed by atoms with van der Waals surface area (Å²) in [5.74, 6) is 1.39. The third-order valence-corrected chi connectivity index (χ3v) is 5.73. The Bertz CT molecular complexity index is 1450. The zero-order valence-corrected chi connectivity index (χ0v) is 17.2. The molecule has 0 spiro atoms. The number of aryl methyl sites for hydroxylation is 1. The van der Waals surface area contributed by atoms with E-state index in [0.29, 0.717) is 33.4 Å². The number of nitriles is 1. The molecule has 7 nitrogen and oxygen atoms in total. The first-order valence-electron chi connectivity index (χ1n) is 9.38. The number of nitrogens with zero attached hydrogens (tertiary/aromatic N) is 2. The standard InChI is InChI=1S/C23H15N3O4S/c1-13-6-22(27)30-20-8-16(3-4-17(13)20)25-10-15(9-24)23-26-18(11-31-23)14-2-5-19-21(7-14)29-12-28-19/h2-8,10-11,25H,12H2,1H3/b15-10+. The van der Waals surface area contributed by atoms with Gasteiger partial charge in [0.15, 0.2) is 11.5 Å². The van der Waals surface area contributed by atoms with Gasteiger partial charge in [-0.15, -0.1) is 11.3 Å². The molecule has 31 heavy (non-hydrogen) atoms. The predicted octanol–water partition coefficient (Wildman–Crippen LogP) is 4.93. The summed E-state index contributed by atoms with van der Waals surface area (Å²) in [5, 5.41) is 16.1. The Balaban J connectivity index is 1.41. The van der Waals surface area contributed by atoms with Gasteiger partial charge >= 0.3 is 5.63 Å². The van der Waals surface area contributed by atoms with Gasteiger partial charge in [0, 0.05) is 40.3 Å². The van der Waals surface area contributed by atoms with Gasteiger partial charge in [-0.3, -0.25) is 0 Å². The van der Waals surface area contributed by atoms with Crippen molar-refractivity contribution >= 4 is 33.6 Å². The number of hydrogen-bond donors (Lipinski definition) is 1. The Labute approximate surface area is 180 Å². The largest absolute Gasteiger partial charge is 0.454 e. The molecule has 152 valence electrons. The minimum atomic E-state index is -0.394. The van der Waals surface area contributed by atoms with Crippen molar-refractivity contribution in [1.29, 1.82) is 5.26 Å². The first kappa shape index (κ1) is 18.9. The molecule has 8 heteroatoms. The first-order valence-corrected chi connectivity index (χ1v) is 10.3. The number of hydrogen-bond acceptors (Lipinski definition) is 8. The summed E-state index contributed by atoms with van der Waals surface area (Å²) in [6.07, 6.45) is 1.59. The van der Waals surface area contributed by atoms with Gasteiger partial charge in [0.25, 0.3) is 0 Å². The Morgan fingerprint density at radius 3 is 2.94 bits per heavy atom. The van der Waals surface area contributed by atoms with Crippen LogP contribution in [-0.4, -0.2) is 11.8 Å². The van der Waals surface area contributed by atoms with Crippen molar-refractivity contribution in [1.82, 2.24) is 4.98 Å². The molecule has 0 bridgehead atoms. The molecule has 0 saturated heterocycles. The van der Waals surface area contributed by atoms with E-state index >= 15 is 0 Å². The minimum absolute atomic E-state index is 0.214. The molecule has 2 aromatic carbocycles. The number of allylic oxidation sites excluding steroid dienone is 1. The number of aromatic nitrogens is 1. The van der Waals surface area contributed by atoms with Crippen LogP contribution in [0.4, 0.5) is 5.69 Å². The molecule has 1 N–H and O–H groups in total. The van der Waals surface area contributed by atoms with Gasteiger partial charge in [-0.1, -0.05) is 0 Å². The van der Waals surface area contributed by atoms with E-state index in [1.807, 2.05) is 42.6 Å². The second-order valence-corrected chi connectivity index (χ2v) is 7.74. The molecule has 1 aliphatic rings. The normalized spacial score (nSPS) is 12.7. The lowest BCUT2D eigenvalue weighted by atomic mass is 10.1. The van der Waals surface area contributed by atoms with E-state index in [-0.39, 0.29) is 6.79 Å². The molecule has 2 aromatic heterocycles. The molecule has 0 saturated carbocycles. The number of rotatable bonds is 4. The molecule has 0 aliphatic carbocycles.